The molecule has 0 radical (unpaired) electrons. The number of hydrogen-bond donors (Lipinski definition) is 0. The summed E-state index contributed by atoms with van der Waals surface area (Å²) in [7, 11) is 0. The summed E-state index contributed by atoms with van der Waals surface area (Å²) >= 11 is 0. The summed E-state index contributed by atoms with van der Waals surface area (Å²) in [6.45, 7) is 0. The fourth-order valence-electron chi connectivity index (χ4n) is 2.60. The summed E-state index contributed by atoms with van der Waals surface area (Å²) in [5.74, 6) is 0.201. The third-order valence-electron chi connectivity index (χ3n) is 3.94. The van der Waals surface area contributed by atoms with E-state index in [9.17, 15) is 9.59 Å². The molecule has 0 saturated carbocycles. The summed E-state index contributed by atoms with van der Waals surface area (Å²) < 4.78 is 0. The topological polar surface area (TPSA) is 34.1 Å². The van der Waals surface area contributed by atoms with E-state index >= 15 is 0 Å². The number of rotatable bonds is 6. The van der Waals surface area contributed by atoms with E-state index in [2.05, 4.69) is 0 Å². The molecule has 0 bridgehead atoms. The molecule has 0 fully saturated rings. The van der Waals surface area contributed by atoms with Crippen LogP contribution in [0.15, 0.2) is 84.9 Å². The van der Waals surface area contributed by atoms with E-state index in [0.717, 1.165) is 22.3 Å². The van der Waals surface area contributed by atoms with Crippen LogP contribution in [0, 0.1) is 0 Å². The zero-order valence-electron chi connectivity index (χ0n) is 13.3. The molecule has 3 aromatic rings. The minimum atomic E-state index is 0.101. The lowest BCUT2D eigenvalue weighted by Gasteiger charge is -2.05. The van der Waals surface area contributed by atoms with Gasteiger partial charge in [-0.05, 0) is 11.1 Å². The highest BCUT2D eigenvalue weighted by Crippen LogP contribution is 2.12. The molecule has 0 saturated heterocycles. The summed E-state index contributed by atoms with van der Waals surface area (Å²) in [6, 6.07) is 26.3. The number of hydrogen-bond acceptors (Lipinski definition) is 2. The Labute approximate surface area is 141 Å². The van der Waals surface area contributed by atoms with Crippen LogP contribution in [0.25, 0.3) is 0 Å². The maximum atomic E-state index is 12.2. The Hall–Kier alpha value is -3.00. The molecular weight excluding hydrogens is 296 g/mol. The van der Waals surface area contributed by atoms with Crippen molar-refractivity contribution in [3.8, 4) is 0 Å². The van der Waals surface area contributed by atoms with Gasteiger partial charge in [0.2, 0.25) is 0 Å². The average Bonchev–Trinajstić information content (AvgIpc) is 2.65. The molecule has 2 nitrogen and oxygen atoms in total. The van der Waals surface area contributed by atoms with Gasteiger partial charge in [0.1, 0.15) is 0 Å². The molecule has 0 aliphatic carbocycles. The lowest BCUT2D eigenvalue weighted by Crippen LogP contribution is -2.05. The number of carbonyl (C=O) groups is 2. The lowest BCUT2D eigenvalue weighted by molar-refractivity contribution is 0.0984. The molecule has 3 aromatic carbocycles. The Morgan fingerprint density at radius 2 is 0.833 bits per heavy atom. The van der Waals surface area contributed by atoms with Crippen molar-refractivity contribution in [2.75, 3.05) is 0 Å². The number of ketones is 2. The molecule has 3 rings (SSSR count). The minimum Gasteiger partial charge on any atom is -0.294 e. The SMILES string of the molecule is O=C(Cc1ccc(CC(=O)c2ccccc2)cc1)c1ccccc1. The largest absolute Gasteiger partial charge is 0.294 e. The summed E-state index contributed by atoms with van der Waals surface area (Å²) in [5.41, 5.74) is 3.36. The zero-order valence-corrected chi connectivity index (χ0v) is 13.3. The number of Topliss-reactive ketones (excluding diaryl/α,β-unsaturated/α-hetero) is 2. The van der Waals surface area contributed by atoms with Gasteiger partial charge in [-0.1, -0.05) is 84.9 Å². The Morgan fingerprint density at radius 3 is 1.17 bits per heavy atom. The molecule has 0 spiro atoms. The van der Waals surface area contributed by atoms with Gasteiger partial charge in [0, 0.05) is 24.0 Å². The highest BCUT2D eigenvalue weighted by atomic mass is 16.1. The van der Waals surface area contributed by atoms with Gasteiger partial charge in [0.15, 0.2) is 11.6 Å². The van der Waals surface area contributed by atoms with Gasteiger partial charge in [-0.15, -0.1) is 0 Å². The molecule has 0 heterocycles. The first-order valence-corrected chi connectivity index (χ1v) is 7.97. The van der Waals surface area contributed by atoms with Crippen LogP contribution in [0.4, 0.5) is 0 Å². The van der Waals surface area contributed by atoms with Crippen molar-refractivity contribution in [3.63, 3.8) is 0 Å². The second kappa shape index (κ2) is 7.51. The van der Waals surface area contributed by atoms with Crippen LogP contribution in [-0.4, -0.2) is 11.6 Å². The molecule has 0 aliphatic rings. The predicted molar refractivity (Wildman–Crippen MR) is 95.4 cm³/mol. The molecule has 118 valence electrons. The zero-order chi connectivity index (χ0) is 16.8. The maximum absolute atomic E-state index is 12.2. The van der Waals surface area contributed by atoms with E-state index in [4.69, 9.17) is 0 Å². The van der Waals surface area contributed by atoms with Crippen molar-refractivity contribution in [2.45, 2.75) is 12.8 Å². The van der Waals surface area contributed by atoms with Gasteiger partial charge >= 0.3 is 0 Å². The first kappa shape index (κ1) is 15.9. The highest BCUT2D eigenvalue weighted by molar-refractivity contribution is 5.98. The van der Waals surface area contributed by atoms with Crippen LogP contribution < -0.4 is 0 Å². The summed E-state index contributed by atoms with van der Waals surface area (Å²) in [6.07, 6.45) is 0.744. The number of benzene rings is 3. The fraction of sp³-hybridized carbons (Fsp3) is 0.0909. The van der Waals surface area contributed by atoms with E-state index in [0.29, 0.717) is 12.8 Å². The first-order chi connectivity index (χ1) is 11.7. The smallest absolute Gasteiger partial charge is 0.167 e. The quantitative estimate of drug-likeness (QED) is 0.626. The third-order valence-corrected chi connectivity index (χ3v) is 3.94. The molecule has 0 atom stereocenters. The Bertz CT molecular complexity index is 746. The molecule has 0 N–H and O–H groups in total. The van der Waals surface area contributed by atoms with Crippen molar-refractivity contribution < 1.29 is 9.59 Å². The minimum absolute atomic E-state index is 0.101. The van der Waals surface area contributed by atoms with E-state index in [1.807, 2.05) is 84.9 Å². The third kappa shape index (κ3) is 4.05. The highest BCUT2D eigenvalue weighted by Gasteiger charge is 2.08. The van der Waals surface area contributed by atoms with Crippen LogP contribution in [0.5, 0.6) is 0 Å². The van der Waals surface area contributed by atoms with Crippen LogP contribution in [0.3, 0.4) is 0 Å². The van der Waals surface area contributed by atoms with E-state index in [-0.39, 0.29) is 11.6 Å². The Balaban J connectivity index is 1.63. The predicted octanol–water partition coefficient (Wildman–Crippen LogP) is 4.54. The van der Waals surface area contributed by atoms with Gasteiger partial charge in [0.05, 0.1) is 0 Å². The molecule has 2 heteroatoms. The molecular formula is C22H18O2. The first-order valence-electron chi connectivity index (χ1n) is 7.97. The second-order valence-electron chi connectivity index (χ2n) is 5.75. The van der Waals surface area contributed by atoms with Gasteiger partial charge in [-0.3, -0.25) is 9.59 Å². The van der Waals surface area contributed by atoms with Crippen LogP contribution >= 0.6 is 0 Å². The lowest BCUT2D eigenvalue weighted by atomic mass is 9.99. The Kier molecular flexibility index (Phi) is 4.97. The van der Waals surface area contributed by atoms with E-state index in [1.54, 1.807) is 0 Å². The molecule has 0 unspecified atom stereocenters. The van der Waals surface area contributed by atoms with Gasteiger partial charge < -0.3 is 0 Å². The van der Waals surface area contributed by atoms with Crippen molar-refractivity contribution in [1.82, 2.24) is 0 Å². The second-order valence-corrected chi connectivity index (χ2v) is 5.75. The van der Waals surface area contributed by atoms with Crippen LogP contribution in [-0.2, 0) is 12.8 Å². The summed E-state index contributed by atoms with van der Waals surface area (Å²) in [5, 5.41) is 0. The van der Waals surface area contributed by atoms with Crippen molar-refractivity contribution in [2.24, 2.45) is 0 Å². The van der Waals surface area contributed by atoms with E-state index < -0.39 is 0 Å². The van der Waals surface area contributed by atoms with Crippen molar-refractivity contribution >= 4 is 11.6 Å². The summed E-state index contributed by atoms with van der Waals surface area (Å²) in [4.78, 5) is 24.4. The standard InChI is InChI=1S/C22H18O2/c23-21(19-7-3-1-4-8-19)15-17-11-13-18(14-12-17)16-22(24)20-9-5-2-6-10-20/h1-14H,15-16H2. The van der Waals surface area contributed by atoms with Crippen molar-refractivity contribution in [3.05, 3.63) is 107 Å². The Morgan fingerprint density at radius 1 is 0.500 bits per heavy atom. The van der Waals surface area contributed by atoms with Crippen LogP contribution in [0.2, 0.25) is 0 Å². The van der Waals surface area contributed by atoms with Gasteiger partial charge in [-0.2, -0.15) is 0 Å². The molecule has 0 aromatic heterocycles. The normalized spacial score (nSPS) is 10.3. The van der Waals surface area contributed by atoms with Gasteiger partial charge in [-0.25, -0.2) is 0 Å². The maximum Gasteiger partial charge on any atom is 0.167 e. The molecule has 24 heavy (non-hydrogen) atoms. The number of carbonyl (C=O) groups excluding carboxylic acids is 2. The van der Waals surface area contributed by atoms with Gasteiger partial charge in [0.25, 0.3) is 0 Å². The van der Waals surface area contributed by atoms with Crippen LogP contribution in [0.1, 0.15) is 31.8 Å². The van der Waals surface area contributed by atoms with E-state index in [1.165, 1.54) is 0 Å². The fourth-order valence-corrected chi connectivity index (χ4v) is 2.60. The molecule has 0 amide bonds. The average molecular weight is 314 g/mol. The van der Waals surface area contributed by atoms with Crippen molar-refractivity contribution in [1.29, 1.82) is 0 Å². The molecule has 0 aliphatic heterocycles. The monoisotopic (exact) mass is 314 g/mol.